The van der Waals surface area contributed by atoms with Gasteiger partial charge in [0.15, 0.2) is 0 Å². The van der Waals surface area contributed by atoms with E-state index in [2.05, 4.69) is 60.3 Å². The third kappa shape index (κ3) is 3.22. The van der Waals surface area contributed by atoms with Crippen LogP contribution in [0.5, 0.6) is 0 Å². The molecule has 0 saturated heterocycles. The molecule has 3 heteroatoms. The molecule has 0 N–H and O–H groups in total. The van der Waals surface area contributed by atoms with E-state index in [1.165, 1.54) is 5.56 Å². The largest absolute Gasteiger partial charge is 0.272 e. The van der Waals surface area contributed by atoms with Gasteiger partial charge in [-0.2, -0.15) is 5.10 Å². The Labute approximate surface area is 159 Å². The summed E-state index contributed by atoms with van der Waals surface area (Å²) in [5.74, 6) is 6.57. The minimum absolute atomic E-state index is 0.940. The summed E-state index contributed by atoms with van der Waals surface area (Å²) >= 11 is 0. The van der Waals surface area contributed by atoms with Gasteiger partial charge in [0, 0.05) is 18.0 Å². The van der Waals surface area contributed by atoms with Crippen LogP contribution in [-0.4, -0.2) is 14.8 Å². The van der Waals surface area contributed by atoms with Crippen molar-refractivity contribution in [2.45, 2.75) is 20.3 Å². The minimum atomic E-state index is 0.940. The number of benzene rings is 2. The first-order valence-corrected chi connectivity index (χ1v) is 9.16. The fourth-order valence-electron chi connectivity index (χ4n) is 3.21. The molecule has 4 aromatic rings. The lowest BCUT2D eigenvalue weighted by Gasteiger charge is -2.10. The number of fused-ring (bicyclic) bond motifs is 1. The van der Waals surface area contributed by atoms with Gasteiger partial charge in [0.25, 0.3) is 0 Å². The standard InChI is InChI=1S/C24H21N3/c1-4-18-15-21-12-8-11-20(13-14-22-16-25-27(3)17(22)2)24(21)26-23(18)19-9-6-5-7-10-19/h5-12,15-16H,4H2,1-3H3. The van der Waals surface area contributed by atoms with Gasteiger partial charge < -0.3 is 0 Å². The van der Waals surface area contributed by atoms with Crippen LogP contribution in [0.1, 0.15) is 29.3 Å². The van der Waals surface area contributed by atoms with Crippen LogP contribution in [0.4, 0.5) is 0 Å². The third-order valence-electron chi connectivity index (χ3n) is 4.92. The second kappa shape index (κ2) is 7.09. The fourth-order valence-corrected chi connectivity index (χ4v) is 3.21. The predicted octanol–water partition coefficient (Wildman–Crippen LogP) is 4.91. The Morgan fingerprint density at radius 1 is 0.963 bits per heavy atom. The van der Waals surface area contributed by atoms with Crippen LogP contribution in [0.15, 0.2) is 60.8 Å². The highest BCUT2D eigenvalue weighted by Crippen LogP contribution is 2.27. The fraction of sp³-hybridized carbons (Fsp3) is 0.167. The summed E-state index contributed by atoms with van der Waals surface area (Å²) in [6, 6.07) is 18.8. The van der Waals surface area contributed by atoms with E-state index in [1.807, 2.05) is 43.0 Å². The second-order valence-electron chi connectivity index (χ2n) is 6.61. The topological polar surface area (TPSA) is 30.7 Å². The van der Waals surface area contributed by atoms with Crippen molar-refractivity contribution in [3.63, 3.8) is 0 Å². The molecule has 0 spiro atoms. The lowest BCUT2D eigenvalue weighted by Crippen LogP contribution is -1.95. The molecule has 0 atom stereocenters. The Hall–Kier alpha value is -3.38. The summed E-state index contributed by atoms with van der Waals surface area (Å²) in [6.07, 6.45) is 2.75. The number of pyridine rings is 1. The van der Waals surface area contributed by atoms with Gasteiger partial charge >= 0.3 is 0 Å². The van der Waals surface area contributed by atoms with Gasteiger partial charge in [0.2, 0.25) is 0 Å². The molecular weight excluding hydrogens is 330 g/mol. The highest BCUT2D eigenvalue weighted by atomic mass is 15.3. The maximum Gasteiger partial charge on any atom is 0.0866 e. The molecule has 0 amide bonds. The molecule has 2 aromatic heterocycles. The van der Waals surface area contributed by atoms with Gasteiger partial charge in [-0.3, -0.25) is 4.68 Å². The Bertz CT molecular complexity index is 1170. The predicted molar refractivity (Wildman–Crippen MR) is 110 cm³/mol. The SMILES string of the molecule is CCc1cc2cccc(C#Cc3cnn(C)c3C)c2nc1-c1ccccc1. The van der Waals surface area contributed by atoms with Crippen LogP contribution in [0.3, 0.4) is 0 Å². The van der Waals surface area contributed by atoms with Gasteiger partial charge in [-0.05, 0) is 31.0 Å². The van der Waals surface area contributed by atoms with E-state index in [4.69, 9.17) is 4.98 Å². The van der Waals surface area contributed by atoms with Crippen LogP contribution in [-0.2, 0) is 13.5 Å². The van der Waals surface area contributed by atoms with E-state index in [-0.39, 0.29) is 0 Å². The first-order chi connectivity index (χ1) is 13.2. The highest BCUT2D eigenvalue weighted by Gasteiger charge is 2.10. The number of aryl methyl sites for hydroxylation is 2. The zero-order valence-corrected chi connectivity index (χ0v) is 15.8. The van der Waals surface area contributed by atoms with Crippen molar-refractivity contribution in [3.8, 4) is 23.1 Å². The summed E-state index contributed by atoms with van der Waals surface area (Å²) in [7, 11) is 1.93. The molecule has 2 heterocycles. The van der Waals surface area contributed by atoms with Crippen LogP contribution in [0, 0.1) is 18.8 Å². The second-order valence-corrected chi connectivity index (χ2v) is 6.61. The first-order valence-electron chi connectivity index (χ1n) is 9.16. The van der Waals surface area contributed by atoms with Gasteiger partial charge in [-0.1, -0.05) is 61.2 Å². The van der Waals surface area contributed by atoms with Crippen molar-refractivity contribution in [2.75, 3.05) is 0 Å². The first kappa shape index (κ1) is 17.1. The zero-order valence-electron chi connectivity index (χ0n) is 15.8. The quantitative estimate of drug-likeness (QED) is 0.481. The maximum atomic E-state index is 5.03. The average Bonchev–Trinajstić information content (AvgIpc) is 3.04. The van der Waals surface area contributed by atoms with Crippen LogP contribution in [0.2, 0.25) is 0 Å². The maximum absolute atomic E-state index is 5.03. The van der Waals surface area contributed by atoms with Crippen molar-refractivity contribution in [3.05, 3.63) is 83.2 Å². The number of para-hydroxylation sites is 1. The smallest absolute Gasteiger partial charge is 0.0866 e. The van der Waals surface area contributed by atoms with Crippen molar-refractivity contribution in [1.82, 2.24) is 14.8 Å². The van der Waals surface area contributed by atoms with Crippen LogP contribution >= 0.6 is 0 Å². The van der Waals surface area contributed by atoms with E-state index >= 15 is 0 Å². The molecule has 0 aliphatic heterocycles. The molecule has 27 heavy (non-hydrogen) atoms. The summed E-state index contributed by atoms with van der Waals surface area (Å²) in [5.41, 5.74) is 7.33. The van der Waals surface area contributed by atoms with Crippen LogP contribution in [0.25, 0.3) is 22.2 Å². The third-order valence-corrected chi connectivity index (χ3v) is 4.92. The highest BCUT2D eigenvalue weighted by molar-refractivity contribution is 5.88. The molecule has 132 valence electrons. The number of aromatic nitrogens is 3. The number of hydrogen-bond acceptors (Lipinski definition) is 2. The van der Waals surface area contributed by atoms with Crippen LogP contribution < -0.4 is 0 Å². The lowest BCUT2D eigenvalue weighted by atomic mass is 10.00. The normalized spacial score (nSPS) is 10.6. The molecule has 0 bridgehead atoms. The van der Waals surface area contributed by atoms with E-state index in [9.17, 15) is 0 Å². The van der Waals surface area contributed by atoms with Gasteiger partial charge in [0.1, 0.15) is 0 Å². The van der Waals surface area contributed by atoms with E-state index in [0.29, 0.717) is 0 Å². The number of nitrogens with zero attached hydrogens (tertiary/aromatic N) is 3. The molecular formula is C24H21N3. The van der Waals surface area contributed by atoms with Crippen molar-refractivity contribution in [1.29, 1.82) is 0 Å². The Morgan fingerprint density at radius 3 is 2.44 bits per heavy atom. The van der Waals surface area contributed by atoms with Gasteiger partial charge in [-0.15, -0.1) is 0 Å². The van der Waals surface area contributed by atoms with Crippen molar-refractivity contribution >= 4 is 10.9 Å². The summed E-state index contributed by atoms with van der Waals surface area (Å²) < 4.78 is 1.84. The minimum Gasteiger partial charge on any atom is -0.272 e. The Kier molecular flexibility index (Phi) is 4.48. The summed E-state index contributed by atoms with van der Waals surface area (Å²) in [4.78, 5) is 5.03. The molecule has 0 radical (unpaired) electrons. The molecule has 0 saturated carbocycles. The van der Waals surface area contributed by atoms with Crippen molar-refractivity contribution < 1.29 is 0 Å². The molecule has 0 aliphatic carbocycles. The van der Waals surface area contributed by atoms with E-state index < -0.39 is 0 Å². The van der Waals surface area contributed by atoms with Crippen molar-refractivity contribution in [2.24, 2.45) is 7.05 Å². The lowest BCUT2D eigenvalue weighted by molar-refractivity contribution is 0.740. The molecule has 4 rings (SSSR count). The zero-order chi connectivity index (χ0) is 18.8. The number of rotatable bonds is 2. The van der Waals surface area contributed by atoms with Gasteiger partial charge in [-0.25, -0.2) is 4.98 Å². The Morgan fingerprint density at radius 2 is 1.74 bits per heavy atom. The Balaban J connectivity index is 1.89. The molecule has 0 aliphatic rings. The molecule has 0 fully saturated rings. The van der Waals surface area contributed by atoms with E-state index in [1.54, 1.807) is 0 Å². The van der Waals surface area contributed by atoms with E-state index in [0.717, 1.165) is 45.4 Å². The monoisotopic (exact) mass is 351 g/mol. The van der Waals surface area contributed by atoms with Gasteiger partial charge in [0.05, 0.1) is 34.2 Å². The average molecular weight is 351 g/mol. The number of hydrogen-bond donors (Lipinski definition) is 0. The summed E-state index contributed by atoms with van der Waals surface area (Å²) in [5, 5.41) is 5.39. The molecule has 2 aromatic carbocycles. The molecule has 0 unspecified atom stereocenters. The molecule has 3 nitrogen and oxygen atoms in total. The summed E-state index contributed by atoms with van der Waals surface area (Å²) in [6.45, 7) is 4.20.